The van der Waals surface area contributed by atoms with Crippen LogP contribution in [-0.4, -0.2) is 34.2 Å². The van der Waals surface area contributed by atoms with E-state index in [9.17, 15) is 23.1 Å². The van der Waals surface area contributed by atoms with Crippen molar-refractivity contribution in [2.24, 2.45) is 17.3 Å². The zero-order valence-electron chi connectivity index (χ0n) is 21.3. The van der Waals surface area contributed by atoms with Gasteiger partial charge in [-0.15, -0.1) is 0 Å². The molecule has 3 fully saturated rings. The van der Waals surface area contributed by atoms with E-state index in [2.05, 4.69) is 11.8 Å². The number of rotatable bonds is 7. The molecule has 0 aromatic heterocycles. The van der Waals surface area contributed by atoms with Gasteiger partial charge >= 0.3 is 12.1 Å². The van der Waals surface area contributed by atoms with Crippen molar-refractivity contribution < 1.29 is 27.8 Å². The Labute approximate surface area is 210 Å². The molecule has 2 aromatic rings. The Morgan fingerprint density at radius 2 is 1.78 bits per heavy atom. The summed E-state index contributed by atoms with van der Waals surface area (Å²) >= 11 is 0. The van der Waals surface area contributed by atoms with Crippen LogP contribution in [0.1, 0.15) is 76.8 Å². The van der Waals surface area contributed by atoms with E-state index in [0.29, 0.717) is 30.3 Å². The number of hydrogen-bond acceptors (Lipinski definition) is 3. The monoisotopic (exact) mass is 503 g/mol. The van der Waals surface area contributed by atoms with Crippen molar-refractivity contribution in [3.8, 4) is 5.75 Å². The first-order valence-corrected chi connectivity index (χ1v) is 13.2. The first kappa shape index (κ1) is 25.4. The third-order valence-corrected chi connectivity index (χ3v) is 8.88. The summed E-state index contributed by atoms with van der Waals surface area (Å²) in [4.78, 5) is 14.0. The minimum atomic E-state index is -4.51. The smallest absolute Gasteiger partial charge is 0.420 e. The number of carbonyl (C=O) groups is 1. The molecule has 0 heterocycles. The molecule has 2 atom stereocenters. The van der Waals surface area contributed by atoms with Crippen LogP contribution in [-0.2, 0) is 17.5 Å². The lowest BCUT2D eigenvalue weighted by molar-refractivity contribution is -0.162. The molecule has 2 aromatic carbocycles. The molecular weight excluding hydrogens is 467 g/mol. The lowest BCUT2D eigenvalue weighted by Crippen LogP contribution is -2.60. The van der Waals surface area contributed by atoms with Gasteiger partial charge in [-0.3, -0.25) is 9.69 Å². The van der Waals surface area contributed by atoms with Gasteiger partial charge in [-0.1, -0.05) is 39.0 Å². The van der Waals surface area contributed by atoms with Crippen molar-refractivity contribution in [2.45, 2.75) is 96.6 Å². The number of benzene rings is 2. The van der Waals surface area contributed by atoms with Gasteiger partial charge in [-0.25, -0.2) is 0 Å². The first-order chi connectivity index (χ1) is 16.9. The molecule has 3 saturated carbocycles. The van der Waals surface area contributed by atoms with E-state index < -0.39 is 17.7 Å². The molecule has 1 N–H and O–H groups in total. The highest BCUT2D eigenvalue weighted by molar-refractivity contribution is 5.89. The third kappa shape index (κ3) is 4.83. The zero-order chi connectivity index (χ0) is 25.8. The third-order valence-electron chi connectivity index (χ3n) is 8.88. The normalized spacial score (nSPS) is 28.2. The number of carboxylic acid groups (broad SMARTS) is 1. The Morgan fingerprint density at radius 1 is 1.08 bits per heavy atom. The van der Waals surface area contributed by atoms with Crippen LogP contribution < -0.4 is 4.74 Å². The Morgan fingerprint density at radius 3 is 2.36 bits per heavy atom. The SMILES string of the molecule is CC1CCC(Oc2ccc3cc(CN(C4CC4)C4CC(C(=O)O)C4(C)C)ccc3c2C(F)(F)F)CC1. The minimum Gasteiger partial charge on any atom is -0.490 e. The molecule has 36 heavy (non-hydrogen) atoms. The Balaban J connectivity index is 1.41. The number of fused-ring (bicyclic) bond motifs is 1. The van der Waals surface area contributed by atoms with Crippen LogP contribution in [0.4, 0.5) is 13.2 Å². The van der Waals surface area contributed by atoms with Crippen LogP contribution in [0, 0.1) is 17.3 Å². The van der Waals surface area contributed by atoms with Crippen LogP contribution >= 0.6 is 0 Å². The summed E-state index contributed by atoms with van der Waals surface area (Å²) < 4.78 is 48.6. The van der Waals surface area contributed by atoms with Crippen LogP contribution in [0.25, 0.3) is 10.8 Å². The summed E-state index contributed by atoms with van der Waals surface area (Å²) in [6, 6.07) is 9.02. The van der Waals surface area contributed by atoms with Gasteiger partial charge in [0.25, 0.3) is 0 Å². The molecule has 5 rings (SSSR count). The van der Waals surface area contributed by atoms with E-state index in [4.69, 9.17) is 4.74 Å². The predicted octanol–water partition coefficient (Wildman–Crippen LogP) is 7.28. The summed E-state index contributed by atoms with van der Waals surface area (Å²) in [5, 5.41) is 10.3. The molecule has 3 aliphatic carbocycles. The predicted molar refractivity (Wildman–Crippen MR) is 133 cm³/mol. The molecular formula is C29H36F3NO3. The van der Waals surface area contributed by atoms with E-state index in [1.54, 1.807) is 18.2 Å². The number of halogens is 3. The fourth-order valence-corrected chi connectivity index (χ4v) is 6.37. The van der Waals surface area contributed by atoms with Crippen LogP contribution in [0.5, 0.6) is 5.75 Å². The van der Waals surface area contributed by atoms with E-state index in [-0.39, 0.29) is 34.6 Å². The van der Waals surface area contributed by atoms with Gasteiger partial charge in [0.1, 0.15) is 11.3 Å². The van der Waals surface area contributed by atoms with Gasteiger partial charge in [0.05, 0.1) is 12.0 Å². The molecule has 0 bridgehead atoms. The van der Waals surface area contributed by atoms with Gasteiger partial charge < -0.3 is 9.84 Å². The average Bonchev–Trinajstić information content (AvgIpc) is 3.63. The van der Waals surface area contributed by atoms with Crippen molar-refractivity contribution in [1.29, 1.82) is 0 Å². The van der Waals surface area contributed by atoms with E-state index >= 15 is 0 Å². The fourth-order valence-electron chi connectivity index (χ4n) is 6.37. The number of alkyl halides is 3. The average molecular weight is 504 g/mol. The van der Waals surface area contributed by atoms with Crippen molar-refractivity contribution in [1.82, 2.24) is 4.90 Å². The maximum Gasteiger partial charge on any atom is 0.420 e. The zero-order valence-corrected chi connectivity index (χ0v) is 21.3. The van der Waals surface area contributed by atoms with Gasteiger partial charge in [-0.2, -0.15) is 13.2 Å². The maximum atomic E-state index is 14.2. The summed E-state index contributed by atoms with van der Waals surface area (Å²) in [6.45, 7) is 6.81. The van der Waals surface area contributed by atoms with Gasteiger partial charge in [-0.05, 0) is 84.7 Å². The quantitative estimate of drug-likeness (QED) is 0.431. The molecule has 0 amide bonds. The van der Waals surface area contributed by atoms with Crippen molar-refractivity contribution in [3.63, 3.8) is 0 Å². The second-order valence-electron chi connectivity index (χ2n) is 11.9. The van der Waals surface area contributed by atoms with Crippen LogP contribution in [0.15, 0.2) is 30.3 Å². The highest BCUT2D eigenvalue weighted by Gasteiger charge is 2.56. The first-order valence-electron chi connectivity index (χ1n) is 13.2. The molecule has 2 unspecified atom stereocenters. The largest absolute Gasteiger partial charge is 0.490 e. The molecule has 4 nitrogen and oxygen atoms in total. The van der Waals surface area contributed by atoms with Crippen molar-refractivity contribution >= 4 is 16.7 Å². The van der Waals surface area contributed by atoms with Crippen LogP contribution in [0.3, 0.4) is 0 Å². The lowest BCUT2D eigenvalue weighted by atomic mass is 9.58. The second-order valence-corrected chi connectivity index (χ2v) is 11.9. The Bertz CT molecular complexity index is 1130. The van der Waals surface area contributed by atoms with Crippen LogP contribution in [0.2, 0.25) is 0 Å². The fraction of sp³-hybridized carbons (Fsp3) is 0.621. The van der Waals surface area contributed by atoms with E-state index in [1.807, 2.05) is 19.9 Å². The Hall–Kier alpha value is -2.28. The van der Waals surface area contributed by atoms with Gasteiger partial charge in [0.15, 0.2) is 0 Å². The standard InChI is InChI=1S/C29H36F3NO3/c1-17-4-10-21(11-5-17)36-24-13-7-19-14-18(6-12-22(19)26(24)29(30,31)32)16-33(20-8-9-20)25-15-23(27(34)35)28(25,2)3/h6-7,12-14,17,20-21,23,25H,4-5,8-11,15-16H2,1-3H3,(H,34,35). The summed E-state index contributed by atoms with van der Waals surface area (Å²) in [5.74, 6) is -0.589. The Kier molecular flexibility index (Phi) is 6.51. The summed E-state index contributed by atoms with van der Waals surface area (Å²) in [6.07, 6.45) is 1.61. The summed E-state index contributed by atoms with van der Waals surface area (Å²) in [7, 11) is 0. The lowest BCUT2D eigenvalue weighted by Gasteiger charge is -2.55. The molecule has 0 saturated heterocycles. The number of nitrogens with zero attached hydrogens (tertiary/aromatic N) is 1. The molecule has 0 aliphatic heterocycles. The topological polar surface area (TPSA) is 49.8 Å². The number of aliphatic carboxylic acids is 1. The van der Waals surface area contributed by atoms with Crippen molar-refractivity contribution in [2.75, 3.05) is 0 Å². The highest BCUT2D eigenvalue weighted by atomic mass is 19.4. The highest BCUT2D eigenvalue weighted by Crippen LogP contribution is 2.52. The molecule has 0 radical (unpaired) electrons. The van der Waals surface area contributed by atoms with Crippen molar-refractivity contribution in [3.05, 3.63) is 41.5 Å². The molecule has 196 valence electrons. The molecule has 0 spiro atoms. The molecule has 7 heteroatoms. The van der Waals surface area contributed by atoms with E-state index in [0.717, 1.165) is 44.1 Å². The second kappa shape index (κ2) is 9.23. The van der Waals surface area contributed by atoms with Gasteiger partial charge in [0.2, 0.25) is 0 Å². The number of hydrogen-bond donors (Lipinski definition) is 1. The minimum absolute atomic E-state index is 0.0714. The van der Waals surface area contributed by atoms with Gasteiger partial charge in [0, 0.05) is 18.6 Å². The maximum absolute atomic E-state index is 14.2. The van der Waals surface area contributed by atoms with E-state index in [1.165, 1.54) is 6.07 Å². The number of ether oxygens (including phenoxy) is 1. The summed E-state index contributed by atoms with van der Waals surface area (Å²) in [5.41, 5.74) is -0.0709. The number of carboxylic acids is 1. The molecule has 3 aliphatic rings.